The molecule has 1 N–H and O–H groups in total. The Hall–Kier alpha value is -0.880. The number of hydrogen-bond donors (Lipinski definition) is 1. The highest BCUT2D eigenvalue weighted by Crippen LogP contribution is 2.30. The Labute approximate surface area is 102 Å². The molecule has 0 saturated heterocycles. The zero-order valence-electron chi connectivity index (χ0n) is 10.3. The summed E-state index contributed by atoms with van der Waals surface area (Å²) >= 11 is 0. The third kappa shape index (κ3) is 2.52. The Kier molecular flexibility index (Phi) is 3.53. The topological polar surface area (TPSA) is 64.0 Å². The van der Waals surface area contributed by atoms with Gasteiger partial charge in [-0.1, -0.05) is 19.8 Å². The van der Waals surface area contributed by atoms with Crippen LogP contribution in [0.2, 0.25) is 0 Å². The summed E-state index contributed by atoms with van der Waals surface area (Å²) in [6.07, 6.45) is 6.28. The van der Waals surface area contributed by atoms with E-state index in [0.717, 1.165) is 12.8 Å². The summed E-state index contributed by atoms with van der Waals surface area (Å²) < 4.78 is 28.2. The zero-order valence-corrected chi connectivity index (χ0v) is 11.1. The van der Waals surface area contributed by atoms with Crippen molar-refractivity contribution >= 4 is 10.0 Å². The molecule has 5 nitrogen and oxygen atoms in total. The van der Waals surface area contributed by atoms with Gasteiger partial charge < -0.3 is 0 Å². The number of hydrogen-bond acceptors (Lipinski definition) is 3. The van der Waals surface area contributed by atoms with E-state index in [0.29, 0.717) is 23.2 Å². The lowest BCUT2D eigenvalue weighted by atomic mass is 10.3. The fourth-order valence-corrected chi connectivity index (χ4v) is 3.56. The van der Waals surface area contributed by atoms with E-state index in [1.165, 1.54) is 12.8 Å². The second-order valence-corrected chi connectivity index (χ2v) is 6.23. The molecule has 6 heteroatoms. The van der Waals surface area contributed by atoms with E-state index in [9.17, 15) is 8.42 Å². The molecule has 1 fully saturated rings. The third-order valence-electron chi connectivity index (χ3n) is 3.19. The molecule has 0 radical (unpaired) electrons. The number of rotatable bonds is 4. The Bertz CT molecular complexity index is 487. The van der Waals surface area contributed by atoms with Crippen LogP contribution in [0, 0.1) is 6.92 Å². The van der Waals surface area contributed by atoms with E-state index in [1.54, 1.807) is 20.0 Å². The normalized spacial score (nSPS) is 17.8. The summed E-state index contributed by atoms with van der Waals surface area (Å²) in [5.41, 5.74) is 0.581. The Morgan fingerprint density at radius 2 is 2.12 bits per heavy atom. The monoisotopic (exact) mass is 257 g/mol. The van der Waals surface area contributed by atoms with Gasteiger partial charge in [0.05, 0.1) is 11.7 Å². The van der Waals surface area contributed by atoms with Gasteiger partial charge >= 0.3 is 0 Å². The lowest BCUT2D eigenvalue weighted by molar-refractivity contribution is 0.464. The first-order valence-corrected chi connectivity index (χ1v) is 7.58. The summed E-state index contributed by atoms with van der Waals surface area (Å²) in [6.45, 7) is 3.92. The molecule has 1 aromatic rings. The molecule has 1 saturated carbocycles. The summed E-state index contributed by atoms with van der Waals surface area (Å²) in [6, 6.07) is 0.374. The maximum absolute atomic E-state index is 11.9. The molecular weight excluding hydrogens is 238 g/mol. The quantitative estimate of drug-likeness (QED) is 0.891. The molecule has 1 aliphatic rings. The molecule has 0 atom stereocenters. The van der Waals surface area contributed by atoms with Crippen molar-refractivity contribution in [3.8, 4) is 0 Å². The Balaban J connectivity index is 2.30. The average molecular weight is 257 g/mol. The van der Waals surface area contributed by atoms with Crippen LogP contribution in [0.3, 0.4) is 0 Å². The van der Waals surface area contributed by atoms with Gasteiger partial charge in [0, 0.05) is 12.7 Å². The molecular formula is C11H19N3O2S. The van der Waals surface area contributed by atoms with E-state index in [-0.39, 0.29) is 0 Å². The van der Waals surface area contributed by atoms with Gasteiger partial charge in [0.25, 0.3) is 0 Å². The van der Waals surface area contributed by atoms with E-state index < -0.39 is 10.0 Å². The molecule has 0 unspecified atom stereocenters. The van der Waals surface area contributed by atoms with Crippen molar-refractivity contribution in [2.45, 2.75) is 50.5 Å². The smallest absolute Gasteiger partial charge is 0.243 e. The molecule has 1 aliphatic carbocycles. The van der Waals surface area contributed by atoms with Crippen molar-refractivity contribution in [3.05, 3.63) is 11.9 Å². The number of aryl methyl sites for hydroxylation is 1. The van der Waals surface area contributed by atoms with E-state index in [4.69, 9.17) is 0 Å². The lowest BCUT2D eigenvalue weighted by Crippen LogP contribution is -2.23. The van der Waals surface area contributed by atoms with Crippen LogP contribution in [0.15, 0.2) is 11.1 Å². The first-order chi connectivity index (χ1) is 8.04. The van der Waals surface area contributed by atoms with Crippen molar-refractivity contribution in [1.82, 2.24) is 14.5 Å². The number of sulfonamides is 1. The van der Waals surface area contributed by atoms with Gasteiger partial charge in [-0.25, -0.2) is 13.1 Å². The fourth-order valence-electron chi connectivity index (χ4n) is 2.35. The molecule has 17 heavy (non-hydrogen) atoms. The number of aromatic nitrogens is 2. The molecule has 2 rings (SSSR count). The van der Waals surface area contributed by atoms with Gasteiger partial charge in [0.1, 0.15) is 4.90 Å². The van der Waals surface area contributed by atoms with Crippen LogP contribution in [0.4, 0.5) is 0 Å². The van der Waals surface area contributed by atoms with E-state index in [2.05, 4.69) is 9.82 Å². The summed E-state index contributed by atoms with van der Waals surface area (Å²) in [7, 11) is -3.38. The van der Waals surface area contributed by atoms with Gasteiger partial charge in [-0.15, -0.1) is 0 Å². The van der Waals surface area contributed by atoms with Crippen molar-refractivity contribution in [1.29, 1.82) is 0 Å². The van der Waals surface area contributed by atoms with Crippen molar-refractivity contribution < 1.29 is 8.42 Å². The second-order valence-electron chi connectivity index (χ2n) is 4.50. The molecule has 0 bridgehead atoms. The highest BCUT2D eigenvalue weighted by atomic mass is 32.2. The minimum atomic E-state index is -3.38. The van der Waals surface area contributed by atoms with Crippen LogP contribution in [-0.4, -0.2) is 24.7 Å². The molecule has 1 aromatic heterocycles. The van der Waals surface area contributed by atoms with Gasteiger partial charge in [0.15, 0.2) is 0 Å². The molecule has 1 heterocycles. The maximum Gasteiger partial charge on any atom is 0.243 e. The van der Waals surface area contributed by atoms with Crippen molar-refractivity contribution in [2.75, 3.05) is 6.54 Å². The van der Waals surface area contributed by atoms with Gasteiger partial charge in [0.2, 0.25) is 10.0 Å². The minimum Gasteiger partial charge on any atom is -0.268 e. The molecule has 96 valence electrons. The Morgan fingerprint density at radius 3 is 2.71 bits per heavy atom. The van der Waals surface area contributed by atoms with Gasteiger partial charge in [-0.2, -0.15) is 5.10 Å². The largest absolute Gasteiger partial charge is 0.268 e. The standard InChI is InChI=1S/C11H19N3O2S/c1-3-12-17(15,16)11-8-14(13-9(11)2)10-6-4-5-7-10/h8,10,12H,3-7H2,1-2H3. The lowest BCUT2D eigenvalue weighted by Gasteiger charge is -2.08. The maximum atomic E-state index is 11.9. The number of nitrogens with one attached hydrogen (secondary N) is 1. The van der Waals surface area contributed by atoms with Gasteiger partial charge in [-0.3, -0.25) is 4.68 Å². The van der Waals surface area contributed by atoms with Crippen molar-refractivity contribution in [2.24, 2.45) is 0 Å². The predicted molar refractivity (Wildman–Crippen MR) is 65.3 cm³/mol. The second kappa shape index (κ2) is 4.78. The number of nitrogens with zero attached hydrogens (tertiary/aromatic N) is 2. The zero-order chi connectivity index (χ0) is 12.5. The van der Waals surface area contributed by atoms with Crippen LogP contribution in [0.5, 0.6) is 0 Å². The van der Waals surface area contributed by atoms with E-state index >= 15 is 0 Å². The first kappa shape index (κ1) is 12.6. The molecule has 0 spiro atoms. The predicted octanol–water partition coefficient (Wildman–Crippen LogP) is 1.60. The van der Waals surface area contributed by atoms with E-state index in [1.807, 2.05) is 4.68 Å². The SMILES string of the molecule is CCNS(=O)(=O)c1cn(C2CCCC2)nc1C. The minimum absolute atomic E-state index is 0.311. The molecule has 0 aromatic carbocycles. The highest BCUT2D eigenvalue weighted by Gasteiger charge is 2.23. The summed E-state index contributed by atoms with van der Waals surface area (Å²) in [4.78, 5) is 0.311. The van der Waals surface area contributed by atoms with Crippen LogP contribution < -0.4 is 4.72 Å². The summed E-state index contributed by atoms with van der Waals surface area (Å²) in [5.74, 6) is 0. The van der Waals surface area contributed by atoms with Crippen LogP contribution in [-0.2, 0) is 10.0 Å². The van der Waals surface area contributed by atoms with Gasteiger partial charge in [-0.05, 0) is 19.8 Å². The fraction of sp³-hybridized carbons (Fsp3) is 0.727. The highest BCUT2D eigenvalue weighted by molar-refractivity contribution is 7.89. The summed E-state index contributed by atoms with van der Waals surface area (Å²) in [5, 5.41) is 4.34. The average Bonchev–Trinajstić information content (AvgIpc) is 2.85. The first-order valence-electron chi connectivity index (χ1n) is 6.10. The Morgan fingerprint density at radius 1 is 1.47 bits per heavy atom. The van der Waals surface area contributed by atoms with Crippen LogP contribution >= 0.6 is 0 Å². The van der Waals surface area contributed by atoms with Crippen molar-refractivity contribution in [3.63, 3.8) is 0 Å². The third-order valence-corrected chi connectivity index (χ3v) is 4.84. The van der Waals surface area contributed by atoms with Crippen LogP contribution in [0.25, 0.3) is 0 Å². The molecule has 0 amide bonds. The van der Waals surface area contributed by atoms with Crippen LogP contribution in [0.1, 0.15) is 44.3 Å². The molecule has 0 aliphatic heterocycles.